The van der Waals surface area contributed by atoms with E-state index in [1.165, 1.54) is 13.0 Å². The van der Waals surface area contributed by atoms with Crippen molar-refractivity contribution in [1.29, 1.82) is 0 Å². The quantitative estimate of drug-likeness (QED) is 0.375. The van der Waals surface area contributed by atoms with E-state index in [4.69, 9.17) is 5.84 Å². The van der Waals surface area contributed by atoms with Gasteiger partial charge in [0.05, 0.1) is 10.8 Å². The summed E-state index contributed by atoms with van der Waals surface area (Å²) in [5.74, 6) is 5.32. The van der Waals surface area contributed by atoms with Crippen molar-refractivity contribution in [2.45, 2.75) is 24.3 Å². The van der Waals surface area contributed by atoms with Crippen LogP contribution < -0.4 is 11.2 Å². The van der Waals surface area contributed by atoms with Gasteiger partial charge in [-0.05, 0) is 38.1 Å². The van der Waals surface area contributed by atoms with Crippen LogP contribution in [-0.2, 0) is 4.79 Å². The summed E-state index contributed by atoms with van der Waals surface area (Å²) in [7, 11) is 0. The zero-order valence-electron chi connectivity index (χ0n) is 15.2. The molecule has 1 heterocycles. The smallest absolute Gasteiger partial charge is 0.237 e. The Hall–Kier alpha value is -3.20. The van der Waals surface area contributed by atoms with Crippen molar-refractivity contribution in [2.75, 3.05) is 11.2 Å². The number of Topliss-reactive ketones (excluding diaryl/α,β-unsaturated/α-hetero) is 1. The Kier molecular flexibility index (Phi) is 5.74. The van der Waals surface area contributed by atoms with Crippen molar-refractivity contribution in [1.82, 2.24) is 14.9 Å². The van der Waals surface area contributed by atoms with E-state index >= 15 is 0 Å². The zero-order valence-corrected chi connectivity index (χ0v) is 16.0. The van der Waals surface area contributed by atoms with Gasteiger partial charge in [-0.2, -0.15) is 0 Å². The minimum absolute atomic E-state index is 0.0876. The Morgan fingerprint density at radius 2 is 1.93 bits per heavy atom. The third-order valence-electron chi connectivity index (χ3n) is 3.97. The van der Waals surface area contributed by atoms with Gasteiger partial charge in [0.1, 0.15) is 5.82 Å². The Balaban J connectivity index is 1.72. The lowest BCUT2D eigenvalue weighted by Crippen LogP contribution is -2.23. The van der Waals surface area contributed by atoms with Gasteiger partial charge in [-0.1, -0.05) is 36.0 Å². The van der Waals surface area contributed by atoms with Crippen molar-refractivity contribution in [3.8, 4) is 11.4 Å². The van der Waals surface area contributed by atoms with Crippen LogP contribution in [0.1, 0.15) is 24.2 Å². The molecule has 1 atom stereocenters. The van der Waals surface area contributed by atoms with Crippen LogP contribution in [0.15, 0.2) is 53.7 Å². The van der Waals surface area contributed by atoms with Gasteiger partial charge in [-0.25, -0.2) is 9.07 Å². The van der Waals surface area contributed by atoms with E-state index in [-0.39, 0.29) is 28.2 Å². The van der Waals surface area contributed by atoms with Crippen LogP contribution in [0.3, 0.4) is 0 Å². The average molecular weight is 399 g/mol. The molecule has 3 rings (SSSR count). The second kappa shape index (κ2) is 8.22. The van der Waals surface area contributed by atoms with Gasteiger partial charge < -0.3 is 11.2 Å². The molecule has 7 nitrogen and oxygen atoms in total. The van der Waals surface area contributed by atoms with E-state index in [1.807, 2.05) is 0 Å². The number of hydrogen-bond donors (Lipinski definition) is 2. The maximum Gasteiger partial charge on any atom is 0.237 e. The summed E-state index contributed by atoms with van der Waals surface area (Å²) in [5, 5.41) is 10.4. The first-order valence-corrected chi connectivity index (χ1v) is 9.28. The molecule has 0 spiro atoms. The summed E-state index contributed by atoms with van der Waals surface area (Å²) in [4.78, 5) is 23.9. The highest BCUT2D eigenvalue weighted by Crippen LogP contribution is 2.26. The van der Waals surface area contributed by atoms with Gasteiger partial charge in [0, 0.05) is 11.3 Å². The fourth-order valence-electron chi connectivity index (χ4n) is 2.46. The van der Waals surface area contributed by atoms with Crippen molar-refractivity contribution in [3.05, 3.63) is 59.9 Å². The Morgan fingerprint density at radius 1 is 1.18 bits per heavy atom. The summed E-state index contributed by atoms with van der Waals surface area (Å²) in [6, 6.07) is 12.8. The highest BCUT2D eigenvalue weighted by atomic mass is 32.2. The maximum absolute atomic E-state index is 14.0. The van der Waals surface area contributed by atoms with Crippen LogP contribution in [0.25, 0.3) is 11.4 Å². The first-order valence-electron chi connectivity index (χ1n) is 8.40. The number of aromatic nitrogens is 3. The molecule has 3 N–H and O–H groups in total. The van der Waals surface area contributed by atoms with Crippen LogP contribution in [0.5, 0.6) is 0 Å². The Bertz CT molecular complexity index is 1040. The van der Waals surface area contributed by atoms with Gasteiger partial charge >= 0.3 is 0 Å². The van der Waals surface area contributed by atoms with Gasteiger partial charge in [0.2, 0.25) is 11.1 Å². The number of nitrogens with zero attached hydrogens (tertiary/aromatic N) is 3. The largest absolute Gasteiger partial charge is 0.335 e. The van der Waals surface area contributed by atoms with Crippen LogP contribution in [-0.4, -0.2) is 31.8 Å². The molecule has 0 fully saturated rings. The van der Waals surface area contributed by atoms with Crippen molar-refractivity contribution in [3.63, 3.8) is 0 Å². The highest BCUT2D eigenvalue weighted by molar-refractivity contribution is 8.00. The molecular formula is C19H18FN5O2S. The van der Waals surface area contributed by atoms with Crippen molar-refractivity contribution < 1.29 is 14.0 Å². The number of hydrogen-bond acceptors (Lipinski definition) is 6. The van der Waals surface area contributed by atoms with E-state index in [9.17, 15) is 14.0 Å². The monoisotopic (exact) mass is 399 g/mol. The van der Waals surface area contributed by atoms with E-state index in [0.717, 1.165) is 16.4 Å². The van der Waals surface area contributed by atoms with Crippen LogP contribution >= 0.6 is 11.8 Å². The number of carbonyl (C=O) groups is 2. The SMILES string of the molecule is CC(=O)c1cccc(NC(=O)[C@H](C)Sc2nnc(-c3ccccc3F)n2N)c1. The molecule has 1 aromatic heterocycles. The number of anilines is 1. The summed E-state index contributed by atoms with van der Waals surface area (Å²) >= 11 is 1.09. The van der Waals surface area contributed by atoms with Crippen LogP contribution in [0.2, 0.25) is 0 Å². The summed E-state index contributed by atoms with van der Waals surface area (Å²) in [6.07, 6.45) is 0. The lowest BCUT2D eigenvalue weighted by molar-refractivity contribution is -0.115. The van der Waals surface area contributed by atoms with Gasteiger partial charge in [-0.3, -0.25) is 9.59 Å². The molecule has 0 bridgehead atoms. The number of rotatable bonds is 6. The predicted molar refractivity (Wildman–Crippen MR) is 106 cm³/mol. The predicted octanol–water partition coefficient (Wildman–Crippen LogP) is 3.12. The molecule has 1 amide bonds. The van der Waals surface area contributed by atoms with Crippen LogP contribution in [0, 0.1) is 5.82 Å². The number of halogens is 1. The topological polar surface area (TPSA) is 103 Å². The second-order valence-corrected chi connectivity index (χ2v) is 7.35. The van der Waals surface area contributed by atoms with Crippen molar-refractivity contribution in [2.24, 2.45) is 0 Å². The summed E-state index contributed by atoms with van der Waals surface area (Å²) < 4.78 is 15.1. The third kappa shape index (κ3) is 4.20. The lowest BCUT2D eigenvalue weighted by atomic mass is 10.1. The molecule has 0 radical (unpaired) electrons. The highest BCUT2D eigenvalue weighted by Gasteiger charge is 2.21. The molecule has 9 heteroatoms. The average Bonchev–Trinajstić information content (AvgIpc) is 3.02. The second-order valence-electron chi connectivity index (χ2n) is 6.04. The molecule has 2 aromatic carbocycles. The molecule has 0 aliphatic rings. The third-order valence-corrected chi connectivity index (χ3v) is 5.02. The first-order chi connectivity index (χ1) is 13.4. The fraction of sp³-hybridized carbons (Fsp3) is 0.158. The number of carbonyl (C=O) groups excluding carboxylic acids is 2. The lowest BCUT2D eigenvalue weighted by Gasteiger charge is -2.12. The zero-order chi connectivity index (χ0) is 20.3. The standard InChI is InChI=1S/C19H18FN5O2S/c1-11(26)13-6-5-7-14(10-13)22-18(27)12(2)28-19-24-23-17(25(19)21)15-8-3-4-9-16(15)20/h3-10,12H,21H2,1-2H3,(H,22,27)/t12-/m0/s1. The Labute approximate surface area is 165 Å². The Morgan fingerprint density at radius 3 is 2.64 bits per heavy atom. The minimum atomic E-state index is -0.555. The molecule has 0 saturated carbocycles. The van der Waals surface area contributed by atoms with Gasteiger partial charge in [-0.15, -0.1) is 10.2 Å². The van der Waals surface area contributed by atoms with E-state index in [1.54, 1.807) is 49.4 Å². The van der Waals surface area contributed by atoms with E-state index in [2.05, 4.69) is 15.5 Å². The van der Waals surface area contributed by atoms with Crippen molar-refractivity contribution >= 4 is 29.1 Å². The molecule has 0 unspecified atom stereocenters. The van der Waals surface area contributed by atoms with Gasteiger partial charge in [0.15, 0.2) is 11.6 Å². The number of benzene rings is 2. The number of amides is 1. The molecule has 0 aliphatic heterocycles. The van der Waals surface area contributed by atoms with E-state index < -0.39 is 11.1 Å². The summed E-state index contributed by atoms with van der Waals surface area (Å²) in [5.41, 5.74) is 1.25. The molecule has 28 heavy (non-hydrogen) atoms. The molecular weight excluding hydrogens is 381 g/mol. The van der Waals surface area contributed by atoms with E-state index in [0.29, 0.717) is 11.3 Å². The molecule has 3 aromatic rings. The molecule has 0 saturated heterocycles. The number of ketones is 1. The fourth-order valence-corrected chi connectivity index (χ4v) is 3.23. The number of nitrogens with two attached hydrogens (primary N) is 1. The van der Waals surface area contributed by atoms with Gasteiger partial charge in [0.25, 0.3) is 0 Å². The normalized spacial score (nSPS) is 11.8. The molecule has 0 aliphatic carbocycles. The summed E-state index contributed by atoms with van der Waals surface area (Å²) in [6.45, 7) is 3.15. The number of nitrogen functional groups attached to an aromatic ring is 1. The van der Waals surface area contributed by atoms with Crippen LogP contribution in [0.4, 0.5) is 10.1 Å². The maximum atomic E-state index is 14.0. The number of nitrogens with one attached hydrogen (secondary N) is 1. The first kappa shape index (κ1) is 19.6. The molecule has 144 valence electrons. The number of thioether (sulfide) groups is 1. The minimum Gasteiger partial charge on any atom is -0.335 e.